The van der Waals surface area contributed by atoms with Gasteiger partial charge in [0.15, 0.2) is 11.5 Å². The molecule has 0 unspecified atom stereocenters. The molecule has 2 rings (SSSR count). The maximum Gasteiger partial charge on any atom is 0.390 e. The third-order valence-corrected chi connectivity index (χ3v) is 4.28. The molecule has 0 radical (unpaired) electrons. The molecule has 4 nitrogen and oxygen atoms in total. The van der Waals surface area contributed by atoms with Gasteiger partial charge in [-0.05, 0) is 11.6 Å². The van der Waals surface area contributed by atoms with Crippen molar-refractivity contribution in [3.8, 4) is 11.5 Å². The van der Waals surface area contributed by atoms with Crippen LogP contribution >= 0.6 is 36.4 Å². The Morgan fingerprint density at radius 2 is 1.76 bits per heavy atom. The molecule has 1 aromatic carbocycles. The molecule has 1 saturated heterocycles. The molecular weight excluding hydrogens is 404 g/mol. The van der Waals surface area contributed by atoms with Gasteiger partial charge in [-0.15, -0.1) is 24.8 Å². The second-order valence-corrected chi connectivity index (χ2v) is 5.70. The Hall–Kier alpha value is -0.600. The monoisotopic (exact) mass is 424 g/mol. The Bertz CT molecular complexity index is 541. The van der Waals surface area contributed by atoms with Crippen molar-refractivity contribution in [2.45, 2.75) is 18.6 Å². The summed E-state index contributed by atoms with van der Waals surface area (Å²) in [5, 5.41) is 3.31. The molecule has 1 atom stereocenters. The van der Waals surface area contributed by atoms with Crippen molar-refractivity contribution in [3.05, 3.63) is 22.7 Å². The molecule has 1 N–H and O–H groups in total. The van der Waals surface area contributed by atoms with Gasteiger partial charge in [0.1, 0.15) is 0 Å². The van der Waals surface area contributed by atoms with Crippen LogP contribution in [0.25, 0.3) is 0 Å². The molecule has 25 heavy (non-hydrogen) atoms. The number of hydrogen-bond acceptors (Lipinski definition) is 4. The van der Waals surface area contributed by atoms with Gasteiger partial charge in [0.05, 0.1) is 25.7 Å². The lowest BCUT2D eigenvalue weighted by atomic mass is 10.00. The molecule has 1 aromatic rings. The fourth-order valence-electron chi connectivity index (χ4n) is 2.81. The predicted octanol–water partition coefficient (Wildman–Crippen LogP) is 4.10. The molecule has 0 saturated carbocycles. The minimum absolute atomic E-state index is 0. The third kappa shape index (κ3) is 6.25. The Morgan fingerprint density at radius 1 is 1.16 bits per heavy atom. The summed E-state index contributed by atoms with van der Waals surface area (Å²) in [6.45, 7) is 2.37. The van der Waals surface area contributed by atoms with E-state index in [2.05, 4.69) is 5.32 Å². The van der Waals surface area contributed by atoms with E-state index in [1.165, 1.54) is 14.2 Å². The zero-order chi connectivity index (χ0) is 17.0. The molecule has 0 bridgehead atoms. The van der Waals surface area contributed by atoms with E-state index in [1.54, 1.807) is 17.0 Å². The van der Waals surface area contributed by atoms with Crippen molar-refractivity contribution < 1.29 is 22.6 Å². The highest BCUT2D eigenvalue weighted by molar-refractivity contribution is 6.33. The fourth-order valence-corrected chi connectivity index (χ4v) is 3.17. The molecule has 1 aliphatic heterocycles. The lowest BCUT2D eigenvalue weighted by Crippen LogP contribution is -2.46. The van der Waals surface area contributed by atoms with E-state index >= 15 is 0 Å². The molecule has 1 aliphatic rings. The van der Waals surface area contributed by atoms with Gasteiger partial charge in [0, 0.05) is 32.2 Å². The van der Waals surface area contributed by atoms with Crippen LogP contribution in [0.2, 0.25) is 5.02 Å². The van der Waals surface area contributed by atoms with Crippen LogP contribution in [0.4, 0.5) is 13.2 Å². The van der Waals surface area contributed by atoms with E-state index in [9.17, 15) is 13.2 Å². The largest absolute Gasteiger partial charge is 0.493 e. The summed E-state index contributed by atoms with van der Waals surface area (Å²) in [5.74, 6) is 0.654. The smallest absolute Gasteiger partial charge is 0.390 e. The van der Waals surface area contributed by atoms with Gasteiger partial charge in [0.25, 0.3) is 0 Å². The van der Waals surface area contributed by atoms with Crippen molar-refractivity contribution in [1.29, 1.82) is 0 Å². The summed E-state index contributed by atoms with van der Waals surface area (Å²) in [7, 11) is 2.87. The van der Waals surface area contributed by atoms with E-state index < -0.39 is 18.6 Å². The Kier molecular flexibility index (Phi) is 10.3. The van der Waals surface area contributed by atoms with Gasteiger partial charge >= 0.3 is 6.18 Å². The Morgan fingerprint density at radius 3 is 2.24 bits per heavy atom. The fraction of sp³-hybridized carbons (Fsp3) is 0.600. The number of methoxy groups -OCH3 is 2. The third-order valence-electron chi connectivity index (χ3n) is 3.89. The molecule has 146 valence electrons. The highest BCUT2D eigenvalue weighted by atomic mass is 35.5. The van der Waals surface area contributed by atoms with Gasteiger partial charge in [0.2, 0.25) is 0 Å². The zero-order valence-corrected chi connectivity index (χ0v) is 16.2. The molecule has 10 heteroatoms. The molecule has 1 fully saturated rings. The number of rotatable bonds is 5. The lowest BCUT2D eigenvalue weighted by molar-refractivity contribution is -0.148. The van der Waals surface area contributed by atoms with Crippen LogP contribution in [0.1, 0.15) is 18.0 Å². The standard InChI is InChI=1S/C15H20ClF3N2O2.2ClH/c1-22-12-4-3-10(13(16)14(12)23-2)11(9-15(17,18)19)21-7-5-20-6-8-21;;/h3-4,11,20H,5-9H2,1-2H3;2*1H/t11-;;/m0../s1. The number of benzene rings is 1. The molecule has 0 spiro atoms. The highest BCUT2D eigenvalue weighted by Gasteiger charge is 2.37. The van der Waals surface area contributed by atoms with Crippen molar-refractivity contribution >= 4 is 36.4 Å². The average molecular weight is 426 g/mol. The van der Waals surface area contributed by atoms with Crippen LogP contribution in [-0.4, -0.2) is 51.5 Å². The number of ether oxygens (including phenoxy) is 2. The number of hydrogen-bond donors (Lipinski definition) is 1. The van der Waals surface area contributed by atoms with Crippen molar-refractivity contribution in [2.75, 3.05) is 40.4 Å². The maximum atomic E-state index is 13.1. The highest BCUT2D eigenvalue weighted by Crippen LogP contribution is 2.44. The second kappa shape index (κ2) is 10.5. The molecular formula is C15H22Cl3F3N2O2. The number of alkyl halides is 3. The van der Waals surface area contributed by atoms with Crippen LogP contribution < -0.4 is 14.8 Å². The number of nitrogens with one attached hydrogen (secondary N) is 1. The van der Waals surface area contributed by atoms with Gasteiger partial charge in [-0.25, -0.2) is 0 Å². The number of nitrogens with zero attached hydrogens (tertiary/aromatic N) is 1. The zero-order valence-electron chi connectivity index (χ0n) is 13.9. The van der Waals surface area contributed by atoms with Crippen molar-refractivity contribution in [1.82, 2.24) is 10.2 Å². The van der Waals surface area contributed by atoms with Crippen LogP contribution in [0, 0.1) is 0 Å². The minimum atomic E-state index is -4.29. The van der Waals surface area contributed by atoms with E-state index in [0.29, 0.717) is 37.5 Å². The first kappa shape index (κ1) is 24.4. The second-order valence-electron chi connectivity index (χ2n) is 5.33. The summed E-state index contributed by atoms with van der Waals surface area (Å²) >= 11 is 6.32. The lowest BCUT2D eigenvalue weighted by Gasteiger charge is -2.36. The van der Waals surface area contributed by atoms with Crippen molar-refractivity contribution in [2.24, 2.45) is 0 Å². The number of piperazine rings is 1. The van der Waals surface area contributed by atoms with E-state index in [1.807, 2.05) is 0 Å². The van der Waals surface area contributed by atoms with Gasteiger partial charge in [-0.3, -0.25) is 4.90 Å². The normalized spacial score (nSPS) is 16.4. The molecule has 0 amide bonds. The van der Waals surface area contributed by atoms with Crippen LogP contribution in [-0.2, 0) is 0 Å². The SMILES string of the molecule is COc1ccc([C@H](CC(F)(F)F)N2CCNCC2)c(Cl)c1OC.Cl.Cl. The molecule has 0 aromatic heterocycles. The van der Waals surface area contributed by atoms with E-state index in [-0.39, 0.29) is 35.6 Å². The maximum absolute atomic E-state index is 13.1. The van der Waals surface area contributed by atoms with E-state index in [4.69, 9.17) is 21.1 Å². The summed E-state index contributed by atoms with van der Waals surface area (Å²) < 4.78 is 49.5. The minimum Gasteiger partial charge on any atom is -0.493 e. The topological polar surface area (TPSA) is 33.7 Å². The first-order valence-electron chi connectivity index (χ1n) is 7.29. The first-order chi connectivity index (χ1) is 10.9. The van der Waals surface area contributed by atoms with E-state index in [0.717, 1.165) is 0 Å². The summed E-state index contributed by atoms with van der Waals surface area (Å²) in [5.41, 5.74) is 0.406. The van der Waals surface area contributed by atoms with Gasteiger partial charge in [-0.1, -0.05) is 17.7 Å². The molecule has 1 heterocycles. The van der Waals surface area contributed by atoms with Crippen LogP contribution in [0.15, 0.2) is 12.1 Å². The number of halogens is 6. The van der Waals surface area contributed by atoms with Gasteiger partial charge < -0.3 is 14.8 Å². The van der Waals surface area contributed by atoms with Crippen LogP contribution in [0.5, 0.6) is 11.5 Å². The quantitative estimate of drug-likeness (QED) is 0.770. The first-order valence-corrected chi connectivity index (χ1v) is 7.67. The Balaban J connectivity index is 0.00000288. The van der Waals surface area contributed by atoms with Crippen molar-refractivity contribution in [3.63, 3.8) is 0 Å². The predicted molar refractivity (Wildman–Crippen MR) is 96.9 cm³/mol. The Labute approximate surface area is 162 Å². The summed E-state index contributed by atoms with van der Waals surface area (Å²) in [4.78, 5) is 1.80. The average Bonchev–Trinajstić information content (AvgIpc) is 2.52. The van der Waals surface area contributed by atoms with Gasteiger partial charge in [-0.2, -0.15) is 13.2 Å². The molecule has 0 aliphatic carbocycles. The summed E-state index contributed by atoms with van der Waals surface area (Å²) in [6, 6.07) is 2.33. The van der Waals surface area contributed by atoms with Crippen LogP contribution in [0.3, 0.4) is 0 Å². The summed E-state index contributed by atoms with van der Waals surface area (Å²) in [6.07, 6.45) is -5.24.